The lowest BCUT2D eigenvalue weighted by molar-refractivity contribution is -0.149. The Labute approximate surface area is 101 Å². The van der Waals surface area contributed by atoms with Gasteiger partial charge in [-0.3, -0.25) is 9.59 Å². The largest absolute Gasteiger partial charge is 0.481 e. The molecule has 1 aliphatic carbocycles. The van der Waals surface area contributed by atoms with Gasteiger partial charge >= 0.3 is 11.9 Å². The van der Waals surface area contributed by atoms with Crippen LogP contribution in [0.4, 0.5) is 0 Å². The Morgan fingerprint density at radius 3 is 2.65 bits per heavy atom. The topological polar surface area (TPSA) is 63.6 Å². The molecule has 0 bridgehead atoms. The van der Waals surface area contributed by atoms with Crippen LogP contribution >= 0.6 is 0 Å². The second-order valence-corrected chi connectivity index (χ2v) is 5.63. The van der Waals surface area contributed by atoms with E-state index in [4.69, 9.17) is 9.84 Å². The number of carbonyl (C=O) groups excluding carboxylic acids is 1. The molecule has 1 saturated heterocycles. The molecule has 2 rings (SSSR count). The van der Waals surface area contributed by atoms with Crippen molar-refractivity contribution in [2.45, 2.75) is 27.2 Å². The van der Waals surface area contributed by atoms with Gasteiger partial charge in [0.2, 0.25) is 0 Å². The molecule has 2 fully saturated rings. The summed E-state index contributed by atoms with van der Waals surface area (Å²) >= 11 is 0. The molecule has 1 saturated carbocycles. The van der Waals surface area contributed by atoms with Crippen molar-refractivity contribution < 1.29 is 19.4 Å². The van der Waals surface area contributed by atoms with Crippen LogP contribution in [0.2, 0.25) is 0 Å². The molecule has 0 aromatic carbocycles. The van der Waals surface area contributed by atoms with Crippen LogP contribution in [0.25, 0.3) is 0 Å². The van der Waals surface area contributed by atoms with Crippen molar-refractivity contribution in [3.05, 3.63) is 12.2 Å². The van der Waals surface area contributed by atoms with Gasteiger partial charge in [0.05, 0.1) is 11.8 Å². The zero-order chi connectivity index (χ0) is 13.0. The first-order valence-electron chi connectivity index (χ1n) is 5.83. The summed E-state index contributed by atoms with van der Waals surface area (Å²) in [5.74, 6) is -1.26. The number of carboxylic acid groups (broad SMARTS) is 1. The average Bonchev–Trinajstić information content (AvgIpc) is 2.56. The Balaban J connectivity index is 2.44. The highest BCUT2D eigenvalue weighted by Gasteiger charge is 2.68. The van der Waals surface area contributed by atoms with E-state index in [1.165, 1.54) is 0 Å². The molecular weight excluding hydrogens is 220 g/mol. The number of hydrogen-bond acceptors (Lipinski definition) is 3. The second-order valence-electron chi connectivity index (χ2n) is 5.63. The maximum absolute atomic E-state index is 12.0. The number of esters is 1. The molecule has 2 aliphatic rings. The summed E-state index contributed by atoms with van der Waals surface area (Å²) in [7, 11) is 0. The van der Waals surface area contributed by atoms with Gasteiger partial charge in [0.25, 0.3) is 0 Å². The molecule has 4 nitrogen and oxygen atoms in total. The van der Waals surface area contributed by atoms with Crippen molar-refractivity contribution in [3.8, 4) is 0 Å². The Bertz CT molecular complexity index is 414. The summed E-state index contributed by atoms with van der Waals surface area (Å²) in [5.41, 5.74) is -0.214. The zero-order valence-electron chi connectivity index (χ0n) is 10.4. The van der Waals surface area contributed by atoms with Crippen LogP contribution in [0.15, 0.2) is 12.2 Å². The molecule has 0 radical (unpaired) electrons. The number of aliphatic carboxylic acids is 1. The van der Waals surface area contributed by atoms with Gasteiger partial charge in [-0.1, -0.05) is 26.0 Å². The number of carboxylic acids is 1. The lowest BCUT2D eigenvalue weighted by Crippen LogP contribution is -2.38. The highest BCUT2D eigenvalue weighted by molar-refractivity contribution is 5.83. The molecule has 0 aromatic rings. The SMILES string of the molecule is C=C1C(CC(=O)O)C(C)[C@]2(C)C(=O)OC[C@]12C. The molecule has 0 spiro atoms. The van der Waals surface area contributed by atoms with E-state index in [2.05, 4.69) is 6.58 Å². The molecule has 4 atom stereocenters. The quantitative estimate of drug-likeness (QED) is 0.589. The highest BCUT2D eigenvalue weighted by atomic mass is 16.5. The number of cyclic esters (lactones) is 1. The van der Waals surface area contributed by atoms with Crippen LogP contribution in [-0.2, 0) is 14.3 Å². The second kappa shape index (κ2) is 3.34. The minimum atomic E-state index is -0.844. The predicted molar refractivity (Wildman–Crippen MR) is 61.2 cm³/mol. The van der Waals surface area contributed by atoms with Gasteiger partial charge in [0.15, 0.2) is 0 Å². The van der Waals surface area contributed by atoms with Gasteiger partial charge in [-0.2, -0.15) is 0 Å². The summed E-state index contributed by atoms with van der Waals surface area (Å²) in [6.07, 6.45) is 0.0401. The van der Waals surface area contributed by atoms with Crippen molar-refractivity contribution >= 4 is 11.9 Å². The first kappa shape index (κ1) is 12.1. The van der Waals surface area contributed by atoms with Crippen LogP contribution in [0.3, 0.4) is 0 Å². The van der Waals surface area contributed by atoms with E-state index >= 15 is 0 Å². The van der Waals surface area contributed by atoms with Crippen molar-refractivity contribution in [1.29, 1.82) is 0 Å². The van der Waals surface area contributed by atoms with Gasteiger partial charge in [0, 0.05) is 5.41 Å². The molecule has 0 aromatic heterocycles. The first-order chi connectivity index (χ1) is 7.75. The third kappa shape index (κ3) is 1.24. The van der Waals surface area contributed by atoms with E-state index in [0.29, 0.717) is 6.61 Å². The summed E-state index contributed by atoms with van der Waals surface area (Å²) in [6.45, 7) is 10.1. The molecule has 1 N–H and O–H groups in total. The van der Waals surface area contributed by atoms with Crippen molar-refractivity contribution in [2.24, 2.45) is 22.7 Å². The molecule has 2 unspecified atom stereocenters. The van der Waals surface area contributed by atoms with Gasteiger partial charge in [-0.05, 0) is 18.8 Å². The van der Waals surface area contributed by atoms with Crippen molar-refractivity contribution in [2.75, 3.05) is 6.61 Å². The fourth-order valence-corrected chi connectivity index (χ4v) is 3.45. The maximum atomic E-state index is 12.0. The zero-order valence-corrected chi connectivity index (χ0v) is 10.4. The average molecular weight is 238 g/mol. The Morgan fingerprint density at radius 1 is 1.59 bits per heavy atom. The number of fused-ring (bicyclic) bond motifs is 1. The summed E-state index contributed by atoms with van der Waals surface area (Å²) in [5, 5.41) is 8.95. The van der Waals surface area contributed by atoms with Crippen LogP contribution in [-0.4, -0.2) is 23.7 Å². The van der Waals surface area contributed by atoms with Crippen molar-refractivity contribution in [3.63, 3.8) is 0 Å². The van der Waals surface area contributed by atoms with Crippen LogP contribution in [0, 0.1) is 22.7 Å². The third-order valence-electron chi connectivity index (χ3n) is 5.13. The monoisotopic (exact) mass is 238 g/mol. The van der Waals surface area contributed by atoms with Gasteiger partial charge < -0.3 is 9.84 Å². The summed E-state index contributed by atoms with van der Waals surface area (Å²) < 4.78 is 5.17. The summed E-state index contributed by atoms with van der Waals surface area (Å²) in [6, 6.07) is 0. The Hall–Kier alpha value is -1.32. The molecular formula is C13H18O4. The number of hydrogen-bond donors (Lipinski definition) is 1. The molecule has 1 heterocycles. The molecule has 0 amide bonds. The van der Waals surface area contributed by atoms with E-state index in [-0.39, 0.29) is 24.2 Å². The first-order valence-corrected chi connectivity index (χ1v) is 5.83. The number of rotatable bonds is 2. The molecule has 94 valence electrons. The van der Waals surface area contributed by atoms with Gasteiger partial charge in [0.1, 0.15) is 6.61 Å². The highest BCUT2D eigenvalue weighted by Crippen LogP contribution is 2.65. The Kier molecular flexibility index (Phi) is 2.39. The van der Waals surface area contributed by atoms with E-state index in [0.717, 1.165) is 5.57 Å². The Morgan fingerprint density at radius 2 is 2.18 bits per heavy atom. The van der Waals surface area contributed by atoms with E-state index in [9.17, 15) is 9.59 Å². The fraction of sp³-hybridized carbons (Fsp3) is 0.692. The predicted octanol–water partition coefficient (Wildman–Crippen LogP) is 1.85. The third-order valence-corrected chi connectivity index (χ3v) is 5.13. The molecule has 1 aliphatic heterocycles. The standard InChI is InChI=1S/C13H18O4/c1-7-9(5-10(14)15)8(2)13(4)11(16)17-6-12(7,13)3/h8-9H,1,5-6H2,2-4H3,(H,14,15)/t8?,9?,12-,13-/m1/s1. The maximum Gasteiger partial charge on any atom is 0.313 e. The van der Waals surface area contributed by atoms with Gasteiger partial charge in [-0.15, -0.1) is 0 Å². The lowest BCUT2D eigenvalue weighted by Gasteiger charge is -2.32. The van der Waals surface area contributed by atoms with Crippen molar-refractivity contribution in [1.82, 2.24) is 0 Å². The summed E-state index contributed by atoms with van der Waals surface area (Å²) in [4.78, 5) is 22.9. The smallest absolute Gasteiger partial charge is 0.313 e. The van der Waals surface area contributed by atoms with E-state index < -0.39 is 16.8 Å². The molecule has 4 heteroatoms. The number of ether oxygens (including phenoxy) is 1. The number of carbonyl (C=O) groups is 2. The molecule has 17 heavy (non-hydrogen) atoms. The lowest BCUT2D eigenvalue weighted by atomic mass is 9.66. The minimum Gasteiger partial charge on any atom is -0.481 e. The van der Waals surface area contributed by atoms with E-state index in [1.807, 2.05) is 20.8 Å². The fourth-order valence-electron chi connectivity index (χ4n) is 3.45. The van der Waals surface area contributed by atoms with Crippen LogP contribution in [0.5, 0.6) is 0 Å². The minimum absolute atomic E-state index is 0.0401. The normalized spacial score (nSPS) is 44.6. The van der Waals surface area contributed by atoms with Crippen LogP contribution in [0.1, 0.15) is 27.2 Å². The van der Waals surface area contributed by atoms with Gasteiger partial charge in [-0.25, -0.2) is 0 Å². The van der Waals surface area contributed by atoms with E-state index in [1.54, 1.807) is 0 Å². The van der Waals surface area contributed by atoms with Crippen LogP contribution < -0.4 is 0 Å².